The van der Waals surface area contributed by atoms with Crippen LogP contribution < -0.4 is 0 Å². The summed E-state index contributed by atoms with van der Waals surface area (Å²) in [7, 11) is 1.54. The molecule has 24 heavy (non-hydrogen) atoms. The Bertz CT molecular complexity index is 434. The molecule has 5 rings (SSSR count). The first-order valence-electron chi connectivity index (χ1n) is 8.99. The molecule has 0 bridgehead atoms. The van der Waals surface area contributed by atoms with Gasteiger partial charge in [0, 0.05) is 22.7 Å². The van der Waals surface area contributed by atoms with E-state index in [1.54, 1.807) is 11.8 Å². The fourth-order valence-electron chi connectivity index (χ4n) is 5.15. The minimum atomic E-state index is -0.0344. The molecule has 5 saturated carbocycles. The summed E-state index contributed by atoms with van der Waals surface area (Å²) in [4.78, 5) is 12.3. The summed E-state index contributed by atoms with van der Waals surface area (Å²) < 4.78 is 5.10. The van der Waals surface area contributed by atoms with Crippen LogP contribution in [0.3, 0.4) is 0 Å². The summed E-state index contributed by atoms with van der Waals surface area (Å²) in [5.74, 6) is 6.43. The number of rotatable bonds is 1. The SMILES string of the molecule is COC(=O)[C]1[C]2CCC[C]2[C]2CCCC2C12CC2.[CH]1[CH][CH][CH][CH]1.[Co]. The fourth-order valence-corrected chi connectivity index (χ4v) is 5.15. The van der Waals surface area contributed by atoms with Gasteiger partial charge in [-0.2, -0.15) is 0 Å². The predicted molar refractivity (Wildman–Crippen MR) is 89.3 cm³/mol. The van der Waals surface area contributed by atoms with Gasteiger partial charge in [0.25, 0.3) is 0 Å². The van der Waals surface area contributed by atoms with Crippen LogP contribution in [0, 0.1) is 67.1 Å². The van der Waals surface area contributed by atoms with Crippen LogP contribution in [0.4, 0.5) is 0 Å². The topological polar surface area (TPSA) is 26.3 Å². The van der Waals surface area contributed by atoms with Crippen molar-refractivity contribution in [3.8, 4) is 0 Å². The van der Waals surface area contributed by atoms with Crippen molar-refractivity contribution in [3.05, 3.63) is 55.8 Å². The molecule has 0 amide bonds. The molecule has 0 aliphatic heterocycles. The summed E-state index contributed by atoms with van der Waals surface area (Å²) in [6.45, 7) is 0. The van der Waals surface area contributed by atoms with E-state index in [0.717, 1.165) is 12.3 Å². The Labute approximate surface area is 158 Å². The van der Waals surface area contributed by atoms with Crippen LogP contribution in [0.2, 0.25) is 0 Å². The van der Waals surface area contributed by atoms with Gasteiger partial charge < -0.3 is 4.74 Å². The standard InChI is InChI=1S/C16H20O2.C5H5.Co/c1-18-15(17)14-12-6-2-4-10(12)11-5-3-7-13(11)16(14)8-9-16;1-2-4-5-3-1;/h13H,2-9H2,1H3;1-5H;. The van der Waals surface area contributed by atoms with E-state index in [9.17, 15) is 4.79 Å². The average Bonchev–Trinajstić information content (AvgIpc) is 3.10. The van der Waals surface area contributed by atoms with Crippen LogP contribution in [0.5, 0.6) is 0 Å². The Hall–Kier alpha value is -0.0235. The molecule has 5 fully saturated rings. The van der Waals surface area contributed by atoms with Gasteiger partial charge in [-0.05, 0) is 93.8 Å². The van der Waals surface area contributed by atoms with Crippen LogP contribution in [-0.2, 0) is 26.3 Å². The van der Waals surface area contributed by atoms with Gasteiger partial charge in [0.15, 0.2) is 0 Å². The maximum Gasteiger partial charge on any atom is 0.314 e. The first kappa shape index (κ1) is 18.8. The summed E-state index contributed by atoms with van der Waals surface area (Å²) in [6, 6.07) is 0. The van der Waals surface area contributed by atoms with Crippen molar-refractivity contribution >= 4 is 5.97 Å². The van der Waals surface area contributed by atoms with Crippen molar-refractivity contribution in [2.45, 2.75) is 51.4 Å². The van der Waals surface area contributed by atoms with E-state index in [0.29, 0.717) is 5.92 Å². The normalized spacial score (nSPS) is 31.8. The molecule has 5 aliphatic carbocycles. The molecule has 0 aromatic heterocycles. The molecule has 0 heterocycles. The van der Waals surface area contributed by atoms with Crippen molar-refractivity contribution in [2.75, 3.05) is 7.11 Å². The van der Waals surface area contributed by atoms with Crippen LogP contribution >= 0.6 is 0 Å². The van der Waals surface area contributed by atoms with Gasteiger partial charge in [-0.15, -0.1) is 0 Å². The second-order valence-electron chi connectivity index (χ2n) is 7.27. The van der Waals surface area contributed by atoms with Gasteiger partial charge >= 0.3 is 5.97 Å². The second-order valence-corrected chi connectivity index (χ2v) is 7.27. The Morgan fingerprint density at radius 2 is 1.62 bits per heavy atom. The van der Waals surface area contributed by atoms with Crippen LogP contribution in [0.15, 0.2) is 0 Å². The summed E-state index contributed by atoms with van der Waals surface area (Å²) in [6.07, 6.45) is 19.9. The molecule has 1 unspecified atom stereocenters. The summed E-state index contributed by atoms with van der Waals surface area (Å²) in [5.41, 5.74) is 0.210. The Morgan fingerprint density at radius 1 is 1.00 bits per heavy atom. The Morgan fingerprint density at radius 3 is 2.21 bits per heavy atom. The Kier molecular flexibility index (Phi) is 6.01. The van der Waals surface area contributed by atoms with Gasteiger partial charge in [-0.25, -0.2) is 0 Å². The molecular formula is C21H25CoO2. The minimum Gasteiger partial charge on any atom is -0.469 e. The van der Waals surface area contributed by atoms with E-state index in [1.165, 1.54) is 58.0 Å². The molecule has 3 heteroatoms. The molecule has 1 spiro atoms. The zero-order valence-corrected chi connectivity index (χ0v) is 15.3. The number of fused-ring (bicyclic) bond motifs is 4. The van der Waals surface area contributed by atoms with E-state index in [1.807, 2.05) is 32.1 Å². The van der Waals surface area contributed by atoms with Crippen LogP contribution in [0.25, 0.3) is 0 Å². The number of carbonyl (C=O) groups is 1. The molecule has 0 N–H and O–H groups in total. The first-order chi connectivity index (χ1) is 11.3. The monoisotopic (exact) mass is 368 g/mol. The van der Waals surface area contributed by atoms with E-state index in [4.69, 9.17) is 4.74 Å². The maximum atomic E-state index is 12.3. The third kappa shape index (κ3) is 3.09. The molecule has 5 aliphatic rings. The zero-order chi connectivity index (χ0) is 15.9. The molecule has 0 aromatic carbocycles. The van der Waals surface area contributed by atoms with Crippen LogP contribution in [-0.4, -0.2) is 13.1 Å². The van der Waals surface area contributed by atoms with Crippen molar-refractivity contribution < 1.29 is 26.3 Å². The maximum absolute atomic E-state index is 12.3. The molecule has 0 aromatic rings. The summed E-state index contributed by atoms with van der Waals surface area (Å²) >= 11 is 0. The molecular weight excluding hydrogens is 343 g/mol. The van der Waals surface area contributed by atoms with E-state index in [-0.39, 0.29) is 28.2 Å². The fraction of sp³-hybridized carbons (Fsp3) is 0.524. The average molecular weight is 368 g/mol. The second kappa shape index (κ2) is 7.69. The first-order valence-corrected chi connectivity index (χ1v) is 8.99. The van der Waals surface area contributed by atoms with Crippen molar-refractivity contribution in [3.63, 3.8) is 0 Å². The zero-order valence-electron chi connectivity index (χ0n) is 14.3. The molecule has 1 atom stereocenters. The quantitative estimate of drug-likeness (QED) is 0.647. The Balaban J connectivity index is 0.000000245. The molecule has 130 valence electrons. The number of esters is 1. The minimum absolute atomic E-state index is 0. The molecule has 10 radical (unpaired) electrons. The smallest absolute Gasteiger partial charge is 0.314 e. The van der Waals surface area contributed by atoms with Gasteiger partial charge in [0.1, 0.15) is 0 Å². The van der Waals surface area contributed by atoms with Crippen molar-refractivity contribution in [1.82, 2.24) is 0 Å². The largest absolute Gasteiger partial charge is 0.469 e. The predicted octanol–water partition coefficient (Wildman–Crippen LogP) is 4.25. The molecule has 0 saturated heterocycles. The number of carbonyl (C=O) groups excluding carboxylic acids is 1. The van der Waals surface area contributed by atoms with Crippen LogP contribution in [0.1, 0.15) is 51.4 Å². The number of hydrogen-bond acceptors (Lipinski definition) is 2. The van der Waals surface area contributed by atoms with Gasteiger partial charge in [-0.1, -0.05) is 12.8 Å². The molecule has 2 nitrogen and oxygen atoms in total. The van der Waals surface area contributed by atoms with E-state index >= 15 is 0 Å². The summed E-state index contributed by atoms with van der Waals surface area (Å²) in [5, 5.41) is 0. The van der Waals surface area contributed by atoms with Gasteiger partial charge in [-0.3, -0.25) is 4.79 Å². The third-order valence-corrected chi connectivity index (χ3v) is 6.17. The number of ether oxygens (including phenoxy) is 1. The number of methoxy groups -OCH3 is 1. The van der Waals surface area contributed by atoms with E-state index < -0.39 is 0 Å². The van der Waals surface area contributed by atoms with Crippen molar-refractivity contribution in [1.29, 1.82) is 0 Å². The van der Waals surface area contributed by atoms with Crippen molar-refractivity contribution in [2.24, 2.45) is 11.3 Å². The van der Waals surface area contributed by atoms with Gasteiger partial charge in [0.05, 0.1) is 13.0 Å². The number of hydrogen-bond donors (Lipinski definition) is 0. The third-order valence-electron chi connectivity index (χ3n) is 6.17. The van der Waals surface area contributed by atoms with Gasteiger partial charge in [0.2, 0.25) is 0 Å². The van der Waals surface area contributed by atoms with E-state index in [2.05, 4.69) is 0 Å².